The van der Waals surface area contributed by atoms with Gasteiger partial charge in [-0.05, 0) is 46.9 Å². The van der Waals surface area contributed by atoms with Crippen molar-refractivity contribution in [3.05, 3.63) is 164 Å². The van der Waals surface area contributed by atoms with E-state index in [0.29, 0.717) is 10.1 Å². The number of ether oxygens (including phenoxy) is 2. The number of amides is 2. The fourth-order valence-corrected chi connectivity index (χ4v) is 6.01. The van der Waals surface area contributed by atoms with Gasteiger partial charge in [0.15, 0.2) is 0 Å². The summed E-state index contributed by atoms with van der Waals surface area (Å²) in [5.41, 5.74) is 3.23. The van der Waals surface area contributed by atoms with E-state index in [1.54, 1.807) is 48.5 Å². The van der Waals surface area contributed by atoms with Gasteiger partial charge in [0.05, 0.1) is 6.54 Å². The van der Waals surface area contributed by atoms with Crippen LogP contribution in [0.1, 0.15) is 38.5 Å². The summed E-state index contributed by atoms with van der Waals surface area (Å²) < 4.78 is 12.4. The molecule has 5 aromatic rings. The van der Waals surface area contributed by atoms with E-state index in [2.05, 4.69) is 10.6 Å². The van der Waals surface area contributed by atoms with Crippen molar-refractivity contribution < 1.29 is 28.7 Å². The van der Waals surface area contributed by atoms with Gasteiger partial charge in [0.1, 0.15) is 25.8 Å². The third-order valence-corrected chi connectivity index (χ3v) is 8.51. The monoisotopic (exact) mass is 686 g/mol. The lowest BCUT2D eigenvalue weighted by atomic mass is 9.98. The Bertz CT molecular complexity index is 2170. The maximum absolute atomic E-state index is 13.5. The average Bonchev–Trinajstić information content (AvgIpc) is 3.48. The van der Waals surface area contributed by atoms with Gasteiger partial charge in [-0.2, -0.15) is 4.57 Å². The van der Waals surface area contributed by atoms with E-state index >= 15 is 0 Å². The van der Waals surface area contributed by atoms with Gasteiger partial charge in [0, 0.05) is 23.2 Å². The molecule has 2 N–H and O–H groups in total. The molecule has 51 heavy (non-hydrogen) atoms. The van der Waals surface area contributed by atoms with Gasteiger partial charge < -0.3 is 20.1 Å². The van der Waals surface area contributed by atoms with Crippen molar-refractivity contribution in [1.82, 2.24) is 19.8 Å². The maximum atomic E-state index is 13.5. The molecule has 1 atom stereocenters. The highest BCUT2D eigenvalue weighted by Crippen LogP contribution is 2.44. The Labute approximate surface area is 292 Å². The molecule has 1 heterocycles. The highest BCUT2D eigenvalue weighted by atomic mass is 16.5. The lowest BCUT2D eigenvalue weighted by Crippen LogP contribution is -2.51. The number of benzene rings is 4. The predicted molar refractivity (Wildman–Crippen MR) is 187 cm³/mol. The largest absolute Gasteiger partial charge is 0.459 e. The molecule has 12 heteroatoms. The normalized spacial score (nSPS) is 12.3. The SMILES string of the molecule is Cc1cn(C[C@H](NC(=O)CNC(=O)OCC2c3ccccc3-c3ccccc32)C(=O)OCc2ccccc2)c(=O)n(C(=O)c2ccccc2)c1=O. The third-order valence-electron chi connectivity index (χ3n) is 8.51. The Morgan fingerprint density at radius 3 is 2.00 bits per heavy atom. The smallest absolute Gasteiger partial charge is 0.407 e. The van der Waals surface area contributed by atoms with Crippen LogP contribution in [0.15, 0.2) is 125 Å². The number of aromatic nitrogens is 2. The molecule has 0 spiro atoms. The maximum Gasteiger partial charge on any atom is 0.407 e. The number of hydrogen-bond donors (Lipinski definition) is 2. The standard InChI is InChI=1S/C39H34N4O8/c1-25-21-42(39(49)43(35(25)45)36(46)27-14-6-3-7-15-27)22-33(37(47)50-23-26-12-4-2-5-13-26)41-34(44)20-40-38(48)51-24-32-30-18-10-8-16-28(30)29-17-9-11-19-31(29)32/h2-19,21,32-33H,20,22-24H2,1H3,(H,40,48)(H,41,44)/t33-/m0/s1. The van der Waals surface area contributed by atoms with Crippen molar-refractivity contribution in [3.63, 3.8) is 0 Å². The number of nitrogens with one attached hydrogen (secondary N) is 2. The van der Waals surface area contributed by atoms with Crippen molar-refractivity contribution in [3.8, 4) is 11.1 Å². The lowest BCUT2D eigenvalue weighted by Gasteiger charge is -2.20. The Hall–Kier alpha value is -6.56. The summed E-state index contributed by atoms with van der Waals surface area (Å²) in [6, 6.07) is 31.0. The lowest BCUT2D eigenvalue weighted by molar-refractivity contribution is -0.149. The van der Waals surface area contributed by atoms with Crippen LogP contribution >= 0.6 is 0 Å². The van der Waals surface area contributed by atoms with Gasteiger partial charge >= 0.3 is 17.8 Å². The third kappa shape index (κ3) is 7.70. The molecule has 1 aliphatic rings. The molecule has 0 radical (unpaired) electrons. The molecule has 1 aromatic heterocycles. The van der Waals surface area contributed by atoms with E-state index in [9.17, 15) is 28.8 Å². The summed E-state index contributed by atoms with van der Waals surface area (Å²) in [4.78, 5) is 78.8. The number of hydrogen-bond acceptors (Lipinski definition) is 8. The van der Waals surface area contributed by atoms with E-state index in [1.807, 2.05) is 48.5 Å². The minimum Gasteiger partial charge on any atom is -0.459 e. The fourth-order valence-electron chi connectivity index (χ4n) is 6.01. The summed E-state index contributed by atoms with van der Waals surface area (Å²) in [5.74, 6) is -2.68. The van der Waals surface area contributed by atoms with Gasteiger partial charge in [-0.15, -0.1) is 0 Å². The molecule has 0 saturated heterocycles. The zero-order valence-corrected chi connectivity index (χ0v) is 27.6. The van der Waals surface area contributed by atoms with Crippen LogP contribution in [0, 0.1) is 6.92 Å². The Morgan fingerprint density at radius 2 is 1.35 bits per heavy atom. The topological polar surface area (TPSA) is 155 Å². The molecule has 4 aromatic carbocycles. The number of fused-ring (bicyclic) bond motifs is 3. The number of esters is 1. The number of alkyl carbamates (subject to hydrolysis) is 1. The Kier molecular flexibility index (Phi) is 10.3. The zero-order chi connectivity index (χ0) is 35.9. The average molecular weight is 687 g/mol. The second-order valence-electron chi connectivity index (χ2n) is 12.0. The van der Waals surface area contributed by atoms with E-state index in [4.69, 9.17) is 9.47 Å². The first-order valence-electron chi connectivity index (χ1n) is 16.2. The molecule has 0 aliphatic heterocycles. The first kappa shape index (κ1) is 34.3. The molecule has 6 rings (SSSR count). The molecule has 0 unspecified atom stereocenters. The minimum atomic E-state index is -1.44. The van der Waals surface area contributed by atoms with E-state index in [-0.39, 0.29) is 30.3 Å². The highest BCUT2D eigenvalue weighted by Gasteiger charge is 2.30. The van der Waals surface area contributed by atoms with Crippen LogP contribution in [0.5, 0.6) is 0 Å². The summed E-state index contributed by atoms with van der Waals surface area (Å²) in [6.07, 6.45) is 0.367. The summed E-state index contributed by atoms with van der Waals surface area (Å²) >= 11 is 0. The molecule has 0 fully saturated rings. The van der Waals surface area contributed by atoms with Gasteiger partial charge in [-0.3, -0.25) is 19.0 Å². The van der Waals surface area contributed by atoms with Gasteiger partial charge in [0.2, 0.25) is 5.91 Å². The van der Waals surface area contributed by atoms with E-state index < -0.39 is 54.3 Å². The summed E-state index contributed by atoms with van der Waals surface area (Å²) in [5, 5.41) is 4.91. The van der Waals surface area contributed by atoms with E-state index in [0.717, 1.165) is 26.8 Å². The van der Waals surface area contributed by atoms with E-state index in [1.165, 1.54) is 25.3 Å². The molecule has 12 nitrogen and oxygen atoms in total. The summed E-state index contributed by atoms with van der Waals surface area (Å²) in [6.45, 7) is 0.303. The first-order valence-corrected chi connectivity index (χ1v) is 16.2. The quantitative estimate of drug-likeness (QED) is 0.199. The van der Waals surface area contributed by atoms with Gasteiger partial charge in [-0.25, -0.2) is 14.4 Å². The van der Waals surface area contributed by atoms with Crippen LogP contribution in [0.2, 0.25) is 0 Å². The van der Waals surface area contributed by atoms with Crippen molar-refractivity contribution >= 4 is 23.9 Å². The van der Waals surface area contributed by atoms with Crippen molar-refractivity contribution in [2.24, 2.45) is 0 Å². The minimum absolute atomic E-state index is 0.0373. The summed E-state index contributed by atoms with van der Waals surface area (Å²) in [7, 11) is 0. The highest BCUT2D eigenvalue weighted by molar-refractivity contribution is 5.95. The van der Waals surface area contributed by atoms with Crippen LogP contribution in [-0.2, 0) is 32.2 Å². The van der Waals surface area contributed by atoms with Crippen molar-refractivity contribution in [1.29, 1.82) is 0 Å². The van der Waals surface area contributed by atoms with Crippen LogP contribution < -0.4 is 21.9 Å². The fraction of sp³-hybridized carbons (Fsp3) is 0.179. The van der Waals surface area contributed by atoms with Gasteiger partial charge in [-0.1, -0.05) is 97.1 Å². The van der Waals surface area contributed by atoms with Crippen LogP contribution in [-0.4, -0.2) is 52.2 Å². The number of nitrogens with zero attached hydrogens (tertiary/aromatic N) is 2. The second kappa shape index (κ2) is 15.3. The van der Waals surface area contributed by atoms with Crippen molar-refractivity contribution in [2.75, 3.05) is 13.2 Å². The zero-order valence-electron chi connectivity index (χ0n) is 27.6. The molecule has 258 valence electrons. The van der Waals surface area contributed by atoms with Crippen molar-refractivity contribution in [2.45, 2.75) is 32.0 Å². The molecular weight excluding hydrogens is 652 g/mol. The van der Waals surface area contributed by atoms with Crippen LogP contribution in [0.4, 0.5) is 4.79 Å². The Morgan fingerprint density at radius 1 is 0.765 bits per heavy atom. The second-order valence-corrected chi connectivity index (χ2v) is 12.0. The molecule has 0 saturated carbocycles. The molecule has 1 aliphatic carbocycles. The molecule has 0 bridgehead atoms. The van der Waals surface area contributed by atoms with Crippen LogP contribution in [0.3, 0.4) is 0 Å². The predicted octanol–water partition coefficient (Wildman–Crippen LogP) is 3.77. The van der Waals surface area contributed by atoms with Crippen LogP contribution in [0.25, 0.3) is 11.1 Å². The molecule has 2 amide bonds. The molecular formula is C39H34N4O8. The number of rotatable bonds is 11. The number of aryl methyl sites for hydroxylation is 1. The first-order chi connectivity index (χ1) is 24.7. The number of carbonyl (C=O) groups is 4. The van der Waals surface area contributed by atoms with Gasteiger partial charge in [0.25, 0.3) is 11.5 Å². The Balaban J connectivity index is 1.14. The number of carbonyl (C=O) groups excluding carboxylic acids is 4.